The number of aryl methyl sites for hydroxylation is 2. The minimum atomic E-state index is -4.43. The van der Waals surface area contributed by atoms with Gasteiger partial charge in [0.15, 0.2) is 5.96 Å². The Morgan fingerprint density at radius 2 is 1.72 bits per heavy atom. The largest absolute Gasteiger partial charge is 0.444 e. The normalized spacial score (nSPS) is 11.6. The zero-order chi connectivity index (χ0) is 20.7. The molecule has 11 heteroatoms. The summed E-state index contributed by atoms with van der Waals surface area (Å²) in [6, 6.07) is 4.05. The fourth-order valence-electron chi connectivity index (χ4n) is 2.26. The van der Waals surface area contributed by atoms with Crippen LogP contribution in [0.1, 0.15) is 33.3 Å². The molecule has 0 saturated carbocycles. The highest BCUT2D eigenvalue weighted by molar-refractivity contribution is 14.0. The van der Waals surface area contributed by atoms with Crippen LogP contribution in [0.25, 0.3) is 0 Å². The van der Waals surface area contributed by atoms with Gasteiger partial charge in [0.25, 0.3) is 5.91 Å². The first kappa shape index (κ1) is 24.7. The van der Waals surface area contributed by atoms with Crippen LogP contribution in [0.2, 0.25) is 0 Å². The molecule has 160 valence electrons. The molecule has 1 aromatic heterocycles. The second-order valence-electron chi connectivity index (χ2n) is 5.93. The maximum atomic E-state index is 12.5. The van der Waals surface area contributed by atoms with Crippen molar-refractivity contribution in [3.05, 3.63) is 52.7 Å². The molecular weight excluding hydrogens is 502 g/mol. The molecule has 0 saturated heterocycles. The molecule has 7 nitrogen and oxygen atoms in total. The number of halogens is 4. The molecule has 1 heterocycles. The number of hydrogen-bond donors (Lipinski definition) is 3. The molecule has 2 rings (SSSR count). The van der Waals surface area contributed by atoms with Gasteiger partial charge in [-0.25, -0.2) is 4.98 Å². The van der Waals surface area contributed by atoms with Crippen molar-refractivity contribution in [3.8, 4) is 0 Å². The van der Waals surface area contributed by atoms with Crippen LogP contribution in [-0.4, -0.2) is 37.0 Å². The van der Waals surface area contributed by atoms with Crippen LogP contribution in [0, 0.1) is 13.8 Å². The van der Waals surface area contributed by atoms with Crippen molar-refractivity contribution in [1.29, 1.82) is 0 Å². The summed E-state index contributed by atoms with van der Waals surface area (Å²) in [4.78, 5) is 20.3. The molecule has 0 aliphatic carbocycles. The molecule has 1 amide bonds. The Bertz CT molecular complexity index is 816. The van der Waals surface area contributed by atoms with E-state index in [0.29, 0.717) is 24.9 Å². The fraction of sp³-hybridized carbons (Fsp3) is 0.389. The average molecular weight is 525 g/mol. The van der Waals surface area contributed by atoms with E-state index < -0.39 is 17.6 Å². The maximum Gasteiger partial charge on any atom is 0.416 e. The first-order chi connectivity index (χ1) is 13.2. The standard InChI is InChI=1S/C18H22F3N5O2.HI/c1-11-12(2)28-15(26-11)10-25-17(22-3)24-9-8-23-16(27)13-4-6-14(7-5-13)18(19,20)21;/h4-7H,8-10H2,1-3H3,(H,23,27)(H2,22,24,25);1H. The lowest BCUT2D eigenvalue weighted by molar-refractivity contribution is -0.137. The molecule has 0 aliphatic heterocycles. The second-order valence-corrected chi connectivity index (χ2v) is 5.93. The summed E-state index contributed by atoms with van der Waals surface area (Å²) in [6.07, 6.45) is -4.43. The predicted molar refractivity (Wildman–Crippen MR) is 113 cm³/mol. The Morgan fingerprint density at radius 1 is 1.10 bits per heavy atom. The summed E-state index contributed by atoms with van der Waals surface area (Å²) in [5, 5.41) is 8.66. The number of nitrogens with zero attached hydrogens (tertiary/aromatic N) is 2. The molecule has 0 spiro atoms. The third kappa shape index (κ3) is 7.55. The first-order valence-electron chi connectivity index (χ1n) is 8.53. The van der Waals surface area contributed by atoms with E-state index in [2.05, 4.69) is 25.9 Å². The smallest absolute Gasteiger partial charge is 0.416 e. The number of amides is 1. The Kier molecular flexibility index (Phi) is 9.40. The van der Waals surface area contributed by atoms with E-state index >= 15 is 0 Å². The number of aliphatic imine (C=N–C) groups is 1. The van der Waals surface area contributed by atoms with Gasteiger partial charge in [0.2, 0.25) is 5.89 Å². The molecule has 0 atom stereocenters. The Balaban J connectivity index is 0.00000420. The topological polar surface area (TPSA) is 91.5 Å². The number of aromatic nitrogens is 1. The number of carbonyl (C=O) groups is 1. The van der Waals surface area contributed by atoms with E-state index in [-0.39, 0.29) is 36.1 Å². The zero-order valence-corrected chi connectivity index (χ0v) is 18.5. The number of carbonyl (C=O) groups excluding carboxylic acids is 1. The van der Waals surface area contributed by atoms with Crippen LogP contribution in [0.5, 0.6) is 0 Å². The quantitative estimate of drug-likeness (QED) is 0.234. The van der Waals surface area contributed by atoms with E-state index in [1.807, 2.05) is 13.8 Å². The van der Waals surface area contributed by atoms with Crippen LogP contribution in [0.4, 0.5) is 13.2 Å². The Morgan fingerprint density at radius 3 is 2.24 bits per heavy atom. The van der Waals surface area contributed by atoms with E-state index in [9.17, 15) is 18.0 Å². The molecule has 0 bridgehead atoms. The van der Waals surface area contributed by atoms with Gasteiger partial charge in [0.05, 0.1) is 17.8 Å². The predicted octanol–water partition coefficient (Wildman–Crippen LogP) is 3.02. The van der Waals surface area contributed by atoms with Crippen LogP contribution in [-0.2, 0) is 12.7 Å². The summed E-state index contributed by atoms with van der Waals surface area (Å²) in [5.74, 6) is 1.33. The molecular formula is C18H23F3IN5O2. The number of nitrogens with one attached hydrogen (secondary N) is 3. The van der Waals surface area contributed by atoms with Gasteiger partial charge in [-0.05, 0) is 38.1 Å². The van der Waals surface area contributed by atoms with E-state index in [1.54, 1.807) is 7.05 Å². The van der Waals surface area contributed by atoms with Crippen molar-refractivity contribution in [2.45, 2.75) is 26.6 Å². The number of guanidine groups is 1. The van der Waals surface area contributed by atoms with Gasteiger partial charge in [0, 0.05) is 25.7 Å². The minimum Gasteiger partial charge on any atom is -0.444 e. The highest BCUT2D eigenvalue weighted by Gasteiger charge is 2.30. The molecule has 1 aromatic carbocycles. The van der Waals surface area contributed by atoms with Crippen LogP contribution < -0.4 is 16.0 Å². The van der Waals surface area contributed by atoms with Gasteiger partial charge in [-0.2, -0.15) is 13.2 Å². The number of hydrogen-bond acceptors (Lipinski definition) is 4. The van der Waals surface area contributed by atoms with Crippen molar-refractivity contribution < 1.29 is 22.4 Å². The third-order valence-corrected chi connectivity index (χ3v) is 3.88. The maximum absolute atomic E-state index is 12.5. The zero-order valence-electron chi connectivity index (χ0n) is 16.2. The van der Waals surface area contributed by atoms with E-state index in [1.165, 1.54) is 0 Å². The lowest BCUT2D eigenvalue weighted by Gasteiger charge is -2.11. The summed E-state index contributed by atoms with van der Waals surface area (Å²) < 4.78 is 43.1. The molecule has 0 radical (unpaired) electrons. The van der Waals surface area contributed by atoms with Crippen molar-refractivity contribution in [3.63, 3.8) is 0 Å². The average Bonchev–Trinajstić information content (AvgIpc) is 2.98. The summed E-state index contributed by atoms with van der Waals surface area (Å²) in [7, 11) is 1.60. The molecule has 2 aromatic rings. The molecule has 0 fully saturated rings. The van der Waals surface area contributed by atoms with Crippen molar-refractivity contribution >= 4 is 35.8 Å². The van der Waals surface area contributed by atoms with Crippen LogP contribution in [0.3, 0.4) is 0 Å². The summed E-state index contributed by atoms with van der Waals surface area (Å²) >= 11 is 0. The van der Waals surface area contributed by atoms with Gasteiger partial charge in [-0.3, -0.25) is 9.79 Å². The monoisotopic (exact) mass is 525 g/mol. The van der Waals surface area contributed by atoms with Gasteiger partial charge in [-0.15, -0.1) is 24.0 Å². The number of rotatable bonds is 6. The van der Waals surface area contributed by atoms with Crippen molar-refractivity contribution in [1.82, 2.24) is 20.9 Å². The van der Waals surface area contributed by atoms with Crippen molar-refractivity contribution in [2.75, 3.05) is 20.1 Å². The lowest BCUT2D eigenvalue weighted by atomic mass is 10.1. The van der Waals surface area contributed by atoms with E-state index in [0.717, 1.165) is 35.7 Å². The highest BCUT2D eigenvalue weighted by Crippen LogP contribution is 2.29. The summed E-state index contributed by atoms with van der Waals surface area (Å²) in [5.41, 5.74) is 0.188. The second kappa shape index (κ2) is 11.0. The number of alkyl halides is 3. The lowest BCUT2D eigenvalue weighted by Crippen LogP contribution is -2.41. The van der Waals surface area contributed by atoms with E-state index in [4.69, 9.17) is 4.42 Å². The minimum absolute atomic E-state index is 0. The van der Waals surface area contributed by atoms with Crippen LogP contribution >= 0.6 is 24.0 Å². The SMILES string of the molecule is CN=C(NCCNC(=O)c1ccc(C(F)(F)F)cc1)NCc1nc(C)c(C)o1.I. The molecule has 0 unspecified atom stereocenters. The third-order valence-electron chi connectivity index (χ3n) is 3.88. The van der Waals surface area contributed by atoms with Crippen molar-refractivity contribution in [2.24, 2.45) is 4.99 Å². The highest BCUT2D eigenvalue weighted by atomic mass is 127. The molecule has 0 aliphatic rings. The fourth-order valence-corrected chi connectivity index (χ4v) is 2.26. The van der Waals surface area contributed by atoms with Gasteiger partial charge in [-0.1, -0.05) is 0 Å². The van der Waals surface area contributed by atoms with Gasteiger partial charge in [0.1, 0.15) is 5.76 Å². The number of oxazole rings is 1. The number of benzene rings is 1. The van der Waals surface area contributed by atoms with Crippen LogP contribution in [0.15, 0.2) is 33.7 Å². The molecule has 3 N–H and O–H groups in total. The summed E-state index contributed by atoms with van der Waals surface area (Å²) in [6.45, 7) is 4.67. The molecule has 29 heavy (non-hydrogen) atoms. The van der Waals surface area contributed by atoms with Gasteiger partial charge < -0.3 is 20.4 Å². The van der Waals surface area contributed by atoms with Gasteiger partial charge >= 0.3 is 6.18 Å². The Hall–Kier alpha value is -2.31. The Labute approximate surface area is 183 Å². The first-order valence-corrected chi connectivity index (χ1v) is 8.53.